The first kappa shape index (κ1) is 26.8. The fourth-order valence-corrected chi connectivity index (χ4v) is 6.53. The van der Waals surface area contributed by atoms with Crippen LogP contribution < -0.4 is 11.5 Å². The topological polar surface area (TPSA) is 187 Å². The highest BCUT2D eigenvalue weighted by molar-refractivity contribution is 6.24. The number of hydrogen-bond acceptors (Lipinski definition) is 9. The monoisotopic (exact) mass is 513 g/mol. The molecular weight excluding hydrogens is 478 g/mol. The van der Waals surface area contributed by atoms with Crippen molar-refractivity contribution in [3.63, 3.8) is 0 Å². The minimum atomic E-state index is -2.67. The minimum Gasteiger partial charge on any atom is -0.508 e. The normalized spacial score (nSPS) is 29.9. The van der Waals surface area contributed by atoms with Crippen LogP contribution in [0.3, 0.4) is 0 Å². The first-order valence-electron chi connectivity index (χ1n) is 12.3. The van der Waals surface area contributed by atoms with Crippen molar-refractivity contribution in [2.24, 2.45) is 23.3 Å². The number of carbonyl (C=O) groups is 3. The van der Waals surface area contributed by atoms with E-state index in [0.29, 0.717) is 16.7 Å². The molecule has 0 aromatic heterocycles. The Morgan fingerprint density at radius 1 is 1.19 bits per heavy atom. The van der Waals surface area contributed by atoms with Crippen LogP contribution in [0.5, 0.6) is 5.75 Å². The molecule has 5 atom stereocenters. The molecule has 3 aliphatic rings. The number of phenols is 1. The first-order valence-corrected chi connectivity index (χ1v) is 12.3. The number of hydrogen-bond donors (Lipinski definition) is 6. The lowest BCUT2D eigenvalue weighted by molar-refractivity contribution is -0.154. The molecule has 0 spiro atoms. The van der Waals surface area contributed by atoms with Crippen LogP contribution in [0.4, 0.5) is 0 Å². The van der Waals surface area contributed by atoms with Crippen LogP contribution in [0.1, 0.15) is 62.3 Å². The van der Waals surface area contributed by atoms with Gasteiger partial charge in [-0.25, -0.2) is 0 Å². The highest BCUT2D eigenvalue weighted by atomic mass is 16.3. The zero-order valence-corrected chi connectivity index (χ0v) is 21.9. The third-order valence-corrected chi connectivity index (χ3v) is 8.31. The Hall–Kier alpha value is -3.21. The molecular formula is C27H35N3O7. The second-order valence-electron chi connectivity index (χ2n) is 11.6. The van der Waals surface area contributed by atoms with Gasteiger partial charge in [0.15, 0.2) is 11.4 Å². The summed E-state index contributed by atoms with van der Waals surface area (Å²) in [6.45, 7) is 7.63. The third-order valence-electron chi connectivity index (χ3n) is 8.31. The molecule has 0 unspecified atom stereocenters. The lowest BCUT2D eigenvalue weighted by Crippen LogP contribution is -2.66. The largest absolute Gasteiger partial charge is 0.508 e. The smallest absolute Gasteiger partial charge is 0.255 e. The van der Waals surface area contributed by atoms with E-state index in [-0.39, 0.29) is 29.9 Å². The van der Waals surface area contributed by atoms with Crippen molar-refractivity contribution >= 4 is 23.2 Å². The van der Waals surface area contributed by atoms with Gasteiger partial charge in [-0.2, -0.15) is 0 Å². The average molecular weight is 514 g/mol. The number of aliphatic hydroxyl groups excluding tert-OH is 2. The Bertz CT molecular complexity index is 1300. The fraction of sp³-hybridized carbons (Fsp3) is 0.519. The van der Waals surface area contributed by atoms with Crippen LogP contribution in [0.25, 0.3) is 5.76 Å². The number of likely N-dealkylation sites (N-methyl/N-ethyl adjacent to an activating group) is 1. The second kappa shape index (κ2) is 8.41. The number of benzene rings is 1. The van der Waals surface area contributed by atoms with E-state index in [9.17, 15) is 34.8 Å². The lowest BCUT2D eigenvalue weighted by Gasteiger charge is -2.51. The molecule has 10 heteroatoms. The number of phenolic OH excluding ortho intramolecular Hbond substituents is 1. The maximum absolute atomic E-state index is 14.0. The van der Waals surface area contributed by atoms with E-state index >= 15 is 0 Å². The summed E-state index contributed by atoms with van der Waals surface area (Å²) < 4.78 is 0. The third kappa shape index (κ3) is 3.46. The van der Waals surface area contributed by atoms with Gasteiger partial charge in [-0.15, -0.1) is 0 Å². The molecule has 1 fully saturated rings. The standard InChI is InChI=1S/C27H35N3O7/c1-10-12-8-13-19(30(5)6)22(33)18(25(29)36)24(35)27(13,37)23(34)16(12)21(32)17-15(10)11(9-28)7-14(20(17)31)26(2,3)4/h7,10,12-13,19,31-32,35,37H,8-9,28H2,1-6H3,(H2,29,36)/t10-,12+,13-,19+,27-/m0/s1. The van der Waals surface area contributed by atoms with Gasteiger partial charge in [0.25, 0.3) is 5.91 Å². The van der Waals surface area contributed by atoms with E-state index in [4.69, 9.17) is 11.5 Å². The quantitative estimate of drug-likeness (QED) is 0.324. The molecule has 1 amide bonds. The van der Waals surface area contributed by atoms with E-state index in [0.717, 1.165) is 0 Å². The molecule has 0 bridgehead atoms. The maximum Gasteiger partial charge on any atom is 0.255 e. The summed E-state index contributed by atoms with van der Waals surface area (Å²) in [4.78, 5) is 40.8. The van der Waals surface area contributed by atoms with Crippen molar-refractivity contribution in [3.05, 3.63) is 45.2 Å². The number of aliphatic hydroxyl groups is 3. The molecule has 37 heavy (non-hydrogen) atoms. The number of ketones is 2. The zero-order chi connectivity index (χ0) is 27.9. The number of primary amides is 1. The molecule has 0 radical (unpaired) electrons. The number of nitrogens with two attached hydrogens (primary N) is 2. The van der Waals surface area contributed by atoms with E-state index in [1.54, 1.807) is 14.1 Å². The van der Waals surface area contributed by atoms with Gasteiger partial charge in [-0.05, 0) is 55.0 Å². The highest BCUT2D eigenvalue weighted by Crippen LogP contribution is 2.57. The number of fused-ring (bicyclic) bond motifs is 3. The summed E-state index contributed by atoms with van der Waals surface area (Å²) in [6.07, 6.45) is 0.0265. The second-order valence-corrected chi connectivity index (χ2v) is 11.6. The molecule has 1 aromatic carbocycles. The van der Waals surface area contributed by atoms with Gasteiger partial charge in [0, 0.05) is 23.6 Å². The number of Topliss-reactive ketones (excluding diaryl/α,β-unsaturated/α-hetero) is 2. The van der Waals surface area contributed by atoms with Crippen molar-refractivity contribution in [1.82, 2.24) is 4.90 Å². The lowest BCUT2D eigenvalue weighted by atomic mass is 9.55. The Morgan fingerprint density at radius 2 is 1.78 bits per heavy atom. The molecule has 10 nitrogen and oxygen atoms in total. The van der Waals surface area contributed by atoms with Gasteiger partial charge in [-0.3, -0.25) is 19.3 Å². The fourth-order valence-electron chi connectivity index (χ4n) is 6.53. The number of carbonyl (C=O) groups excluding carboxylic acids is 3. The molecule has 8 N–H and O–H groups in total. The Labute approximate surface area is 215 Å². The Kier molecular flexibility index (Phi) is 6.10. The van der Waals surface area contributed by atoms with Crippen LogP contribution in [0.15, 0.2) is 23.0 Å². The molecule has 200 valence electrons. The van der Waals surface area contributed by atoms with Gasteiger partial charge in [0.1, 0.15) is 22.8 Å². The van der Waals surface area contributed by atoms with Crippen molar-refractivity contribution < 1.29 is 34.8 Å². The van der Waals surface area contributed by atoms with Gasteiger partial charge in [-0.1, -0.05) is 27.7 Å². The van der Waals surface area contributed by atoms with Gasteiger partial charge in [0.2, 0.25) is 5.78 Å². The number of aromatic hydroxyl groups is 1. The Morgan fingerprint density at radius 3 is 2.27 bits per heavy atom. The molecule has 1 saturated carbocycles. The SMILES string of the molecule is C[C@@H]1c2c(CN)cc(C(C)(C)C)c(O)c2C(O)=C2C(=O)[C@]3(O)C(O)=C(C(N)=O)C(=O)[C@H](N(C)C)[C@@H]3C[C@@H]21. The molecule has 3 aliphatic carbocycles. The van der Waals surface area contributed by atoms with Gasteiger partial charge < -0.3 is 31.9 Å². The van der Waals surface area contributed by atoms with Crippen molar-refractivity contribution in [1.29, 1.82) is 0 Å². The number of amides is 1. The summed E-state index contributed by atoms with van der Waals surface area (Å²) in [5.41, 5.74) is 9.14. The number of rotatable bonds is 3. The first-order chi connectivity index (χ1) is 17.0. The van der Waals surface area contributed by atoms with E-state index in [1.807, 2.05) is 33.8 Å². The molecule has 1 aromatic rings. The van der Waals surface area contributed by atoms with E-state index in [1.165, 1.54) is 4.90 Å². The van der Waals surface area contributed by atoms with Crippen molar-refractivity contribution in [2.45, 2.75) is 63.6 Å². The van der Waals surface area contributed by atoms with Gasteiger partial charge in [0.05, 0.1) is 11.6 Å². The van der Waals surface area contributed by atoms with E-state index < -0.39 is 69.4 Å². The van der Waals surface area contributed by atoms with Crippen LogP contribution in [0, 0.1) is 11.8 Å². The minimum absolute atomic E-state index is 0.0265. The van der Waals surface area contributed by atoms with E-state index in [2.05, 4.69) is 0 Å². The molecule has 0 aliphatic heterocycles. The highest BCUT2D eigenvalue weighted by Gasteiger charge is 2.65. The van der Waals surface area contributed by atoms with Crippen LogP contribution in [-0.4, -0.2) is 68.5 Å². The van der Waals surface area contributed by atoms with Crippen molar-refractivity contribution in [3.8, 4) is 5.75 Å². The van der Waals surface area contributed by atoms with Crippen molar-refractivity contribution in [2.75, 3.05) is 14.1 Å². The summed E-state index contributed by atoms with van der Waals surface area (Å²) >= 11 is 0. The maximum atomic E-state index is 14.0. The predicted octanol–water partition coefficient (Wildman–Crippen LogP) is 1.28. The summed E-state index contributed by atoms with van der Waals surface area (Å²) in [6, 6.07) is 0.681. The van der Waals surface area contributed by atoms with Crippen LogP contribution in [-0.2, 0) is 26.3 Å². The number of nitrogens with zero attached hydrogens (tertiary/aromatic N) is 1. The predicted molar refractivity (Wildman–Crippen MR) is 136 cm³/mol. The summed E-state index contributed by atoms with van der Waals surface area (Å²) in [5.74, 6) is -7.12. The van der Waals surface area contributed by atoms with Crippen LogP contribution >= 0.6 is 0 Å². The molecule has 4 rings (SSSR count). The average Bonchev–Trinajstić information content (AvgIpc) is 2.78. The molecule has 0 saturated heterocycles. The van der Waals surface area contributed by atoms with Gasteiger partial charge >= 0.3 is 0 Å². The van der Waals surface area contributed by atoms with Crippen LogP contribution in [0.2, 0.25) is 0 Å². The zero-order valence-electron chi connectivity index (χ0n) is 21.9. The summed E-state index contributed by atoms with van der Waals surface area (Å²) in [7, 11) is 3.13. The summed E-state index contributed by atoms with van der Waals surface area (Å²) in [5, 5.41) is 45.5. The molecule has 0 heterocycles. The Balaban J connectivity index is 2.06.